The number of hydrogen-bond acceptors (Lipinski definition) is 4. The highest BCUT2D eigenvalue weighted by Gasteiger charge is 2.19. The van der Waals surface area contributed by atoms with E-state index in [0.29, 0.717) is 16.3 Å². The molecule has 0 saturated carbocycles. The van der Waals surface area contributed by atoms with E-state index in [1.807, 2.05) is 19.1 Å². The molecule has 160 valence electrons. The number of benzene rings is 3. The average Bonchev–Trinajstić information content (AvgIpc) is 2.70. The monoisotopic (exact) mass is 456 g/mol. The molecule has 8 heteroatoms. The fourth-order valence-corrected chi connectivity index (χ4v) is 3.82. The Kier molecular flexibility index (Phi) is 6.80. The third-order valence-corrected chi connectivity index (χ3v) is 5.71. The van der Waals surface area contributed by atoms with Crippen LogP contribution >= 0.6 is 11.6 Å². The highest BCUT2D eigenvalue weighted by Crippen LogP contribution is 2.34. The summed E-state index contributed by atoms with van der Waals surface area (Å²) in [5.74, 6) is 0.130. The predicted octanol–water partition coefficient (Wildman–Crippen LogP) is 4.99. The second kappa shape index (κ2) is 9.34. The maximum absolute atomic E-state index is 12.4. The summed E-state index contributed by atoms with van der Waals surface area (Å²) in [5, 5.41) is 8.54. The summed E-state index contributed by atoms with van der Waals surface area (Å²) >= 11 is 6.09. The molecular formula is C23H21ClN2O4S. The van der Waals surface area contributed by atoms with Crippen molar-refractivity contribution in [2.75, 3.05) is 5.32 Å². The van der Waals surface area contributed by atoms with Gasteiger partial charge in [-0.3, -0.25) is 4.79 Å². The maximum Gasteiger partial charge on any atom is 0.241 e. The van der Waals surface area contributed by atoms with E-state index in [1.165, 1.54) is 18.2 Å². The number of nitrogens with one attached hydrogen (secondary N) is 1. The van der Waals surface area contributed by atoms with Crippen molar-refractivity contribution in [3.8, 4) is 11.5 Å². The lowest BCUT2D eigenvalue weighted by Gasteiger charge is -2.15. The Labute approximate surface area is 186 Å². The van der Waals surface area contributed by atoms with Gasteiger partial charge in [-0.2, -0.15) is 0 Å². The fraction of sp³-hybridized carbons (Fsp3) is 0.0870. The van der Waals surface area contributed by atoms with E-state index in [1.54, 1.807) is 36.4 Å². The van der Waals surface area contributed by atoms with Crippen LogP contribution in [0.2, 0.25) is 5.02 Å². The third kappa shape index (κ3) is 5.73. The molecule has 6 nitrogen and oxygen atoms in total. The number of amides is 1. The molecule has 0 heterocycles. The van der Waals surface area contributed by atoms with E-state index in [9.17, 15) is 13.2 Å². The number of sulfonamides is 1. The Morgan fingerprint density at radius 1 is 1.06 bits per heavy atom. The summed E-state index contributed by atoms with van der Waals surface area (Å²) in [7, 11) is -4.13. The Morgan fingerprint density at radius 3 is 2.42 bits per heavy atom. The molecule has 0 fully saturated rings. The molecule has 0 spiro atoms. The minimum Gasteiger partial charge on any atom is -0.455 e. The quantitative estimate of drug-likeness (QED) is 0.523. The number of primary sulfonamides is 1. The van der Waals surface area contributed by atoms with Crippen molar-refractivity contribution in [1.82, 2.24) is 0 Å². The van der Waals surface area contributed by atoms with E-state index in [2.05, 4.69) is 11.9 Å². The topological polar surface area (TPSA) is 98.5 Å². The van der Waals surface area contributed by atoms with Gasteiger partial charge in [0.1, 0.15) is 16.4 Å². The molecule has 0 saturated heterocycles. The summed E-state index contributed by atoms with van der Waals surface area (Å²) in [6.45, 7) is 5.73. The molecule has 0 bridgehead atoms. The number of carbonyl (C=O) groups excluding carboxylic acids is 1. The first-order valence-electron chi connectivity index (χ1n) is 9.28. The molecule has 0 aromatic heterocycles. The van der Waals surface area contributed by atoms with Gasteiger partial charge in [-0.25, -0.2) is 13.6 Å². The number of nitrogens with two attached hydrogens (primary N) is 1. The number of hydrogen-bond donors (Lipinski definition) is 2. The summed E-state index contributed by atoms with van der Waals surface area (Å²) in [4.78, 5) is 12.1. The normalized spacial score (nSPS) is 11.1. The zero-order chi connectivity index (χ0) is 22.6. The van der Waals surface area contributed by atoms with Gasteiger partial charge < -0.3 is 10.1 Å². The van der Waals surface area contributed by atoms with Crippen LogP contribution in [0.1, 0.15) is 18.1 Å². The summed E-state index contributed by atoms with van der Waals surface area (Å²) < 4.78 is 30.2. The molecule has 0 aliphatic heterocycles. The molecule has 3 aromatic rings. The molecule has 0 radical (unpaired) electrons. The molecule has 31 heavy (non-hydrogen) atoms. The lowest BCUT2D eigenvalue weighted by Crippen LogP contribution is -2.17. The van der Waals surface area contributed by atoms with Gasteiger partial charge in [-0.15, -0.1) is 0 Å². The summed E-state index contributed by atoms with van der Waals surface area (Å²) in [5.41, 5.74) is 2.42. The number of anilines is 1. The fourth-order valence-electron chi connectivity index (χ4n) is 2.94. The molecule has 0 atom stereocenters. The Hall–Kier alpha value is -3.13. The first-order chi connectivity index (χ1) is 14.6. The second-order valence-corrected chi connectivity index (χ2v) is 8.84. The number of ether oxygens (including phenoxy) is 1. The van der Waals surface area contributed by atoms with E-state index >= 15 is 0 Å². The number of carbonyl (C=O) groups is 1. The van der Waals surface area contributed by atoms with Crippen LogP contribution in [0.25, 0.3) is 5.57 Å². The maximum atomic E-state index is 12.4. The molecule has 3 aromatic carbocycles. The predicted molar refractivity (Wildman–Crippen MR) is 123 cm³/mol. The molecule has 0 aliphatic rings. The third-order valence-electron chi connectivity index (χ3n) is 4.41. The van der Waals surface area contributed by atoms with Gasteiger partial charge in [-0.05, 0) is 48.4 Å². The van der Waals surface area contributed by atoms with Gasteiger partial charge in [0.15, 0.2) is 0 Å². The lowest BCUT2D eigenvalue weighted by atomic mass is 10.1. The number of para-hydroxylation sites is 1. The van der Waals surface area contributed by atoms with E-state index in [0.717, 1.165) is 11.1 Å². The van der Waals surface area contributed by atoms with Gasteiger partial charge in [0, 0.05) is 16.3 Å². The SMILES string of the molecule is C=C(C)c1ccccc1Oc1ccc(NC(=O)Cc2ccccc2Cl)cc1S(N)(=O)=O. The number of allylic oxidation sites excluding steroid dienone is 1. The summed E-state index contributed by atoms with van der Waals surface area (Å²) in [6.07, 6.45) is 0.0363. The van der Waals surface area contributed by atoms with Gasteiger partial charge in [-0.1, -0.05) is 54.6 Å². The van der Waals surface area contributed by atoms with Gasteiger partial charge in [0.25, 0.3) is 0 Å². The molecule has 3 N–H and O–H groups in total. The standard InChI is InChI=1S/C23H21ClN2O4S/c1-15(2)18-8-4-6-10-20(18)30-21-12-11-17(14-22(21)31(25,28)29)26-23(27)13-16-7-3-5-9-19(16)24/h3-12,14H,1,13H2,2H3,(H,26,27)(H2,25,28,29). The van der Waals surface area contributed by atoms with Crippen molar-refractivity contribution in [2.24, 2.45) is 5.14 Å². The number of rotatable bonds is 7. The summed E-state index contributed by atoms with van der Waals surface area (Å²) in [6, 6.07) is 18.3. The van der Waals surface area contributed by atoms with Crippen LogP contribution in [0.15, 0.2) is 78.2 Å². The first-order valence-corrected chi connectivity index (χ1v) is 11.2. The highest BCUT2D eigenvalue weighted by molar-refractivity contribution is 7.89. The van der Waals surface area contributed by atoms with Crippen molar-refractivity contribution < 1.29 is 17.9 Å². The van der Waals surface area contributed by atoms with Crippen molar-refractivity contribution in [3.63, 3.8) is 0 Å². The smallest absolute Gasteiger partial charge is 0.241 e. The molecule has 3 rings (SSSR count). The largest absolute Gasteiger partial charge is 0.455 e. The Balaban J connectivity index is 1.88. The van der Waals surface area contributed by atoms with Crippen molar-refractivity contribution in [3.05, 3.63) is 89.5 Å². The highest BCUT2D eigenvalue weighted by atomic mass is 35.5. The van der Waals surface area contributed by atoms with Crippen molar-refractivity contribution in [1.29, 1.82) is 0 Å². The second-order valence-electron chi connectivity index (χ2n) is 6.90. The van der Waals surface area contributed by atoms with Gasteiger partial charge in [0.2, 0.25) is 15.9 Å². The van der Waals surface area contributed by atoms with Crippen LogP contribution < -0.4 is 15.2 Å². The van der Waals surface area contributed by atoms with Crippen molar-refractivity contribution >= 4 is 38.8 Å². The Bertz CT molecular complexity index is 1260. The molecular weight excluding hydrogens is 436 g/mol. The average molecular weight is 457 g/mol. The van der Waals surface area contributed by atoms with Crippen LogP contribution in [-0.4, -0.2) is 14.3 Å². The van der Waals surface area contributed by atoms with E-state index in [4.69, 9.17) is 21.5 Å². The number of halogens is 1. The van der Waals surface area contributed by atoms with Gasteiger partial charge in [0.05, 0.1) is 6.42 Å². The van der Waals surface area contributed by atoms with E-state index < -0.39 is 10.0 Å². The minimum atomic E-state index is -4.13. The minimum absolute atomic E-state index is 0.0363. The zero-order valence-corrected chi connectivity index (χ0v) is 18.3. The van der Waals surface area contributed by atoms with Gasteiger partial charge >= 0.3 is 0 Å². The van der Waals surface area contributed by atoms with Crippen LogP contribution in [0.5, 0.6) is 11.5 Å². The van der Waals surface area contributed by atoms with Crippen LogP contribution in [0.4, 0.5) is 5.69 Å². The first kappa shape index (κ1) is 22.6. The van der Waals surface area contributed by atoms with Crippen LogP contribution in [0, 0.1) is 0 Å². The Morgan fingerprint density at radius 2 is 1.74 bits per heavy atom. The van der Waals surface area contributed by atoms with Crippen molar-refractivity contribution in [2.45, 2.75) is 18.2 Å². The molecule has 0 aliphatic carbocycles. The molecule has 1 amide bonds. The zero-order valence-electron chi connectivity index (χ0n) is 16.8. The van der Waals surface area contributed by atoms with E-state index in [-0.39, 0.29) is 28.7 Å². The van der Waals surface area contributed by atoms with Crippen LogP contribution in [0.3, 0.4) is 0 Å². The molecule has 0 unspecified atom stereocenters. The van der Waals surface area contributed by atoms with Crippen LogP contribution in [-0.2, 0) is 21.2 Å². The lowest BCUT2D eigenvalue weighted by molar-refractivity contribution is -0.115.